The average molecular weight is 292 g/mol. The lowest BCUT2D eigenvalue weighted by Gasteiger charge is -2.53. The molecule has 0 amide bonds. The van der Waals surface area contributed by atoms with Crippen LogP contribution in [-0.2, 0) is 21.6 Å². The second-order valence-electron chi connectivity index (χ2n) is 7.38. The van der Waals surface area contributed by atoms with Crippen molar-refractivity contribution < 1.29 is 9.47 Å². The highest BCUT2D eigenvalue weighted by molar-refractivity contribution is 5.27. The quantitative estimate of drug-likeness (QED) is 0.839. The van der Waals surface area contributed by atoms with Crippen molar-refractivity contribution in [3.05, 3.63) is 17.5 Å². The van der Waals surface area contributed by atoms with Crippen molar-refractivity contribution in [2.75, 3.05) is 13.2 Å². The number of hydrogen-bond acceptors (Lipinski definition) is 3. The number of nitrogens with zero attached hydrogens (tertiary/aromatic N) is 2. The standard InChI is InChI=1S/C17H28N2O2/c1-12(2)17(13(3)4)15-14(5)9-18-19(15)10-16(21-17)7-6-8-20-11-16/h9,12-13H,6-8,10-11H2,1-5H3. The molecular weight excluding hydrogens is 264 g/mol. The highest BCUT2D eigenvalue weighted by Gasteiger charge is 2.54. The Labute approximate surface area is 127 Å². The van der Waals surface area contributed by atoms with Gasteiger partial charge in [-0.3, -0.25) is 4.68 Å². The third-order valence-corrected chi connectivity index (χ3v) is 5.22. The monoisotopic (exact) mass is 292 g/mol. The SMILES string of the molecule is Cc1cnn2c1C(C(C)C)(C(C)C)OC1(CCCOC1)C2. The number of ether oxygens (including phenoxy) is 2. The minimum Gasteiger partial charge on any atom is -0.378 e. The molecule has 3 rings (SSSR count). The van der Waals surface area contributed by atoms with Crippen LogP contribution in [-0.4, -0.2) is 28.6 Å². The highest BCUT2D eigenvalue weighted by atomic mass is 16.6. The maximum absolute atomic E-state index is 6.91. The molecule has 1 unspecified atom stereocenters. The predicted octanol–water partition coefficient (Wildman–Crippen LogP) is 3.28. The fourth-order valence-corrected chi connectivity index (χ4v) is 4.30. The Bertz CT molecular complexity index is 505. The van der Waals surface area contributed by atoms with Gasteiger partial charge in [0.15, 0.2) is 0 Å². The van der Waals surface area contributed by atoms with Gasteiger partial charge in [-0.1, -0.05) is 27.7 Å². The van der Waals surface area contributed by atoms with E-state index in [1.54, 1.807) is 0 Å². The van der Waals surface area contributed by atoms with Crippen molar-refractivity contribution in [3.63, 3.8) is 0 Å². The van der Waals surface area contributed by atoms with E-state index in [0.717, 1.165) is 26.0 Å². The number of aromatic nitrogens is 2. The van der Waals surface area contributed by atoms with E-state index < -0.39 is 0 Å². The molecule has 1 aromatic rings. The topological polar surface area (TPSA) is 36.3 Å². The third kappa shape index (κ3) is 2.15. The first-order valence-electron chi connectivity index (χ1n) is 8.22. The molecule has 4 nitrogen and oxygen atoms in total. The minimum atomic E-state index is -0.278. The van der Waals surface area contributed by atoms with Crippen molar-refractivity contribution in [2.45, 2.75) is 65.2 Å². The van der Waals surface area contributed by atoms with Gasteiger partial charge in [0.2, 0.25) is 0 Å². The molecule has 0 aliphatic carbocycles. The molecule has 1 atom stereocenters. The smallest absolute Gasteiger partial charge is 0.115 e. The van der Waals surface area contributed by atoms with Crippen LogP contribution in [0.3, 0.4) is 0 Å². The molecule has 118 valence electrons. The Kier molecular flexibility index (Phi) is 3.65. The van der Waals surface area contributed by atoms with Gasteiger partial charge in [-0.05, 0) is 37.2 Å². The molecule has 1 saturated heterocycles. The number of hydrogen-bond donors (Lipinski definition) is 0. The summed E-state index contributed by atoms with van der Waals surface area (Å²) in [6.45, 7) is 13.6. The van der Waals surface area contributed by atoms with Crippen molar-refractivity contribution in [1.29, 1.82) is 0 Å². The highest BCUT2D eigenvalue weighted by Crippen LogP contribution is 2.49. The van der Waals surface area contributed by atoms with Crippen LogP contribution in [0.5, 0.6) is 0 Å². The molecule has 0 radical (unpaired) electrons. The molecule has 0 saturated carbocycles. The number of fused-ring (bicyclic) bond motifs is 1. The van der Waals surface area contributed by atoms with E-state index in [1.807, 2.05) is 6.20 Å². The van der Waals surface area contributed by atoms with Gasteiger partial charge in [0, 0.05) is 6.61 Å². The maximum Gasteiger partial charge on any atom is 0.115 e. The zero-order chi connectivity index (χ0) is 15.3. The fraction of sp³-hybridized carbons (Fsp3) is 0.824. The molecule has 1 spiro atoms. The van der Waals surface area contributed by atoms with Gasteiger partial charge in [-0.15, -0.1) is 0 Å². The molecule has 0 aromatic carbocycles. The van der Waals surface area contributed by atoms with E-state index in [9.17, 15) is 0 Å². The van der Waals surface area contributed by atoms with Crippen molar-refractivity contribution in [1.82, 2.24) is 9.78 Å². The lowest BCUT2D eigenvalue weighted by Crippen LogP contribution is -2.59. The second-order valence-corrected chi connectivity index (χ2v) is 7.38. The minimum absolute atomic E-state index is 0.210. The zero-order valence-corrected chi connectivity index (χ0v) is 14.0. The maximum atomic E-state index is 6.91. The Morgan fingerprint density at radius 1 is 1.24 bits per heavy atom. The first-order chi connectivity index (χ1) is 9.91. The average Bonchev–Trinajstić information content (AvgIpc) is 2.79. The van der Waals surface area contributed by atoms with Crippen LogP contribution in [0.1, 0.15) is 51.8 Å². The normalized spacial score (nSPS) is 28.3. The summed E-state index contributed by atoms with van der Waals surface area (Å²) in [7, 11) is 0. The van der Waals surface area contributed by atoms with Crippen LogP contribution in [0.15, 0.2) is 6.20 Å². The second kappa shape index (κ2) is 5.10. The molecule has 4 heteroatoms. The van der Waals surface area contributed by atoms with Gasteiger partial charge in [-0.2, -0.15) is 5.10 Å². The summed E-state index contributed by atoms with van der Waals surface area (Å²) < 4.78 is 14.9. The lowest BCUT2D eigenvalue weighted by molar-refractivity contribution is -0.262. The van der Waals surface area contributed by atoms with E-state index in [1.165, 1.54) is 11.3 Å². The van der Waals surface area contributed by atoms with Gasteiger partial charge in [0.25, 0.3) is 0 Å². The van der Waals surface area contributed by atoms with E-state index in [4.69, 9.17) is 9.47 Å². The Balaban J connectivity index is 2.14. The molecule has 1 fully saturated rings. The lowest BCUT2D eigenvalue weighted by atomic mass is 9.74. The molecule has 21 heavy (non-hydrogen) atoms. The molecule has 2 aliphatic heterocycles. The molecule has 0 N–H and O–H groups in total. The van der Waals surface area contributed by atoms with Crippen LogP contribution in [0.4, 0.5) is 0 Å². The largest absolute Gasteiger partial charge is 0.378 e. The molecule has 0 bridgehead atoms. The number of aryl methyl sites for hydroxylation is 1. The molecule has 2 aliphatic rings. The predicted molar refractivity (Wildman–Crippen MR) is 82.2 cm³/mol. The van der Waals surface area contributed by atoms with Gasteiger partial charge >= 0.3 is 0 Å². The van der Waals surface area contributed by atoms with Crippen molar-refractivity contribution in [2.24, 2.45) is 11.8 Å². The van der Waals surface area contributed by atoms with Crippen LogP contribution in [0.2, 0.25) is 0 Å². The van der Waals surface area contributed by atoms with Gasteiger partial charge < -0.3 is 9.47 Å². The summed E-state index contributed by atoms with van der Waals surface area (Å²) in [5.74, 6) is 0.788. The van der Waals surface area contributed by atoms with Crippen LogP contribution >= 0.6 is 0 Å². The van der Waals surface area contributed by atoms with E-state index in [2.05, 4.69) is 44.4 Å². The van der Waals surface area contributed by atoms with Crippen molar-refractivity contribution in [3.8, 4) is 0 Å². The number of rotatable bonds is 2. The summed E-state index contributed by atoms with van der Waals surface area (Å²) in [6.07, 6.45) is 4.12. The van der Waals surface area contributed by atoms with Crippen LogP contribution in [0.25, 0.3) is 0 Å². The first kappa shape index (κ1) is 15.0. The zero-order valence-electron chi connectivity index (χ0n) is 14.0. The van der Waals surface area contributed by atoms with E-state index >= 15 is 0 Å². The van der Waals surface area contributed by atoms with E-state index in [-0.39, 0.29) is 11.2 Å². The Morgan fingerprint density at radius 2 is 1.95 bits per heavy atom. The summed E-state index contributed by atoms with van der Waals surface area (Å²) in [6, 6.07) is 0. The fourth-order valence-electron chi connectivity index (χ4n) is 4.30. The van der Waals surface area contributed by atoms with Gasteiger partial charge in [-0.25, -0.2) is 0 Å². The molecular formula is C17H28N2O2. The summed E-state index contributed by atoms with van der Waals surface area (Å²) in [5.41, 5.74) is 2.02. The van der Waals surface area contributed by atoms with Crippen molar-refractivity contribution >= 4 is 0 Å². The molecule has 3 heterocycles. The molecule has 1 aromatic heterocycles. The third-order valence-electron chi connectivity index (χ3n) is 5.22. The van der Waals surface area contributed by atoms with E-state index in [0.29, 0.717) is 18.4 Å². The summed E-state index contributed by atoms with van der Waals surface area (Å²) in [4.78, 5) is 0. The van der Waals surface area contributed by atoms with Crippen LogP contribution in [0, 0.1) is 18.8 Å². The van der Waals surface area contributed by atoms with Gasteiger partial charge in [0.1, 0.15) is 11.2 Å². The summed E-state index contributed by atoms with van der Waals surface area (Å²) in [5, 5.41) is 4.65. The Morgan fingerprint density at radius 3 is 2.52 bits per heavy atom. The summed E-state index contributed by atoms with van der Waals surface area (Å²) >= 11 is 0. The first-order valence-corrected chi connectivity index (χ1v) is 8.22. The van der Waals surface area contributed by atoms with Crippen LogP contribution < -0.4 is 0 Å². The van der Waals surface area contributed by atoms with Gasteiger partial charge in [0.05, 0.1) is 25.0 Å². The Hall–Kier alpha value is -0.870.